The Morgan fingerprint density at radius 2 is 1.95 bits per heavy atom. The summed E-state index contributed by atoms with van der Waals surface area (Å²) < 4.78 is 0. The van der Waals surface area contributed by atoms with Crippen molar-refractivity contribution in [3.05, 3.63) is 18.1 Å². The normalized spacial score (nSPS) is 9.90. The molecule has 7 nitrogen and oxygen atoms in total. The van der Waals surface area contributed by atoms with Crippen LogP contribution in [0.4, 0.5) is 5.82 Å². The van der Waals surface area contributed by atoms with Crippen LogP contribution in [-0.4, -0.2) is 41.4 Å². The molecule has 0 saturated heterocycles. The summed E-state index contributed by atoms with van der Waals surface area (Å²) in [5.74, 6) is 0.155. The van der Waals surface area contributed by atoms with Gasteiger partial charge in [0.1, 0.15) is 11.5 Å². The Morgan fingerprint density at radius 3 is 2.65 bits per heavy atom. The van der Waals surface area contributed by atoms with Gasteiger partial charge in [-0.3, -0.25) is 14.6 Å². The van der Waals surface area contributed by atoms with Crippen LogP contribution in [0.2, 0.25) is 0 Å². The van der Waals surface area contributed by atoms with Crippen molar-refractivity contribution in [1.29, 1.82) is 0 Å². The molecule has 0 aromatic carbocycles. The number of carbonyl (C=O) groups excluding carboxylic acids is 2. The van der Waals surface area contributed by atoms with Crippen molar-refractivity contribution in [2.75, 3.05) is 25.0 Å². The summed E-state index contributed by atoms with van der Waals surface area (Å²) in [7, 11) is 0. The van der Waals surface area contributed by atoms with Crippen molar-refractivity contribution in [2.24, 2.45) is 0 Å². The summed E-state index contributed by atoms with van der Waals surface area (Å²) in [5, 5.41) is 8.37. The van der Waals surface area contributed by atoms with Crippen molar-refractivity contribution in [2.45, 2.75) is 26.7 Å². The highest BCUT2D eigenvalue weighted by Gasteiger charge is 2.09. The van der Waals surface area contributed by atoms with Gasteiger partial charge in [0.15, 0.2) is 0 Å². The van der Waals surface area contributed by atoms with Gasteiger partial charge in [-0.2, -0.15) is 0 Å². The number of amides is 2. The van der Waals surface area contributed by atoms with E-state index in [9.17, 15) is 9.59 Å². The van der Waals surface area contributed by atoms with Gasteiger partial charge in [-0.1, -0.05) is 6.92 Å². The molecule has 20 heavy (non-hydrogen) atoms. The molecule has 0 aliphatic heterocycles. The molecule has 0 atom stereocenters. The topological polar surface area (TPSA) is 96.0 Å². The smallest absolute Gasteiger partial charge is 0.271 e. The minimum absolute atomic E-state index is 0.0859. The third-order valence-corrected chi connectivity index (χ3v) is 2.43. The Bertz CT molecular complexity index is 450. The summed E-state index contributed by atoms with van der Waals surface area (Å²) in [6.07, 6.45) is 4.19. The van der Waals surface area contributed by atoms with Gasteiger partial charge < -0.3 is 16.0 Å². The second-order valence-corrected chi connectivity index (χ2v) is 4.18. The third kappa shape index (κ3) is 5.64. The van der Waals surface area contributed by atoms with E-state index < -0.39 is 0 Å². The molecule has 0 radical (unpaired) electrons. The Morgan fingerprint density at radius 1 is 1.15 bits per heavy atom. The Labute approximate surface area is 118 Å². The van der Waals surface area contributed by atoms with Crippen LogP contribution < -0.4 is 16.0 Å². The van der Waals surface area contributed by atoms with E-state index in [0.29, 0.717) is 12.4 Å². The van der Waals surface area contributed by atoms with Gasteiger partial charge >= 0.3 is 0 Å². The first kappa shape index (κ1) is 15.9. The average Bonchev–Trinajstić information content (AvgIpc) is 2.45. The molecule has 2 amide bonds. The van der Waals surface area contributed by atoms with Gasteiger partial charge in [-0.25, -0.2) is 4.98 Å². The second-order valence-electron chi connectivity index (χ2n) is 4.18. The van der Waals surface area contributed by atoms with Crippen LogP contribution in [0.5, 0.6) is 0 Å². The fourth-order valence-electron chi connectivity index (χ4n) is 1.48. The molecule has 1 rings (SSSR count). The van der Waals surface area contributed by atoms with Gasteiger partial charge in [-0.05, 0) is 13.3 Å². The maximum absolute atomic E-state index is 11.8. The molecule has 1 heterocycles. The minimum Gasteiger partial charge on any atom is -0.369 e. The molecular weight excluding hydrogens is 258 g/mol. The van der Waals surface area contributed by atoms with Crippen LogP contribution in [0.25, 0.3) is 0 Å². The highest BCUT2D eigenvalue weighted by Crippen LogP contribution is 2.02. The van der Waals surface area contributed by atoms with E-state index in [-0.39, 0.29) is 30.5 Å². The number of nitrogens with one attached hydrogen (secondary N) is 3. The zero-order chi connectivity index (χ0) is 14.8. The number of rotatable bonds is 8. The molecule has 0 aliphatic rings. The highest BCUT2D eigenvalue weighted by molar-refractivity contribution is 5.92. The van der Waals surface area contributed by atoms with E-state index in [0.717, 1.165) is 13.0 Å². The van der Waals surface area contributed by atoms with Gasteiger partial charge in [0, 0.05) is 26.1 Å². The van der Waals surface area contributed by atoms with Gasteiger partial charge in [0.2, 0.25) is 5.91 Å². The molecule has 7 heteroatoms. The molecule has 0 fully saturated rings. The summed E-state index contributed by atoms with van der Waals surface area (Å²) >= 11 is 0. The lowest BCUT2D eigenvalue weighted by Crippen LogP contribution is -2.31. The first-order valence-electron chi connectivity index (χ1n) is 6.78. The van der Waals surface area contributed by atoms with Gasteiger partial charge in [0.25, 0.3) is 5.91 Å². The molecule has 0 saturated carbocycles. The van der Waals surface area contributed by atoms with E-state index in [1.807, 2.05) is 13.8 Å². The fraction of sp³-hybridized carbons (Fsp3) is 0.538. The average molecular weight is 279 g/mol. The van der Waals surface area contributed by atoms with Crippen molar-refractivity contribution < 1.29 is 9.59 Å². The number of aromatic nitrogens is 2. The predicted molar refractivity (Wildman–Crippen MR) is 76.4 cm³/mol. The first-order chi connectivity index (χ1) is 9.67. The zero-order valence-electron chi connectivity index (χ0n) is 11.9. The lowest BCUT2D eigenvalue weighted by molar-refractivity contribution is -0.120. The van der Waals surface area contributed by atoms with Crippen molar-refractivity contribution in [3.63, 3.8) is 0 Å². The number of hydrogen-bond acceptors (Lipinski definition) is 5. The lowest BCUT2D eigenvalue weighted by Gasteiger charge is -2.07. The largest absolute Gasteiger partial charge is 0.369 e. The van der Waals surface area contributed by atoms with E-state index in [1.54, 1.807) is 6.20 Å². The quantitative estimate of drug-likeness (QED) is 0.646. The van der Waals surface area contributed by atoms with Crippen molar-refractivity contribution in [3.8, 4) is 0 Å². The Kier molecular flexibility index (Phi) is 7.02. The molecule has 0 aliphatic carbocycles. The molecule has 0 spiro atoms. The van der Waals surface area contributed by atoms with Crippen molar-refractivity contribution >= 4 is 17.6 Å². The second kappa shape index (κ2) is 8.84. The third-order valence-electron chi connectivity index (χ3n) is 2.43. The Balaban J connectivity index is 2.44. The number of hydrogen-bond donors (Lipinski definition) is 3. The van der Waals surface area contributed by atoms with E-state index in [4.69, 9.17) is 0 Å². The molecule has 0 unspecified atom stereocenters. The van der Waals surface area contributed by atoms with Crippen LogP contribution >= 0.6 is 0 Å². The molecule has 1 aromatic heterocycles. The van der Waals surface area contributed by atoms with Crippen LogP contribution in [0, 0.1) is 0 Å². The van der Waals surface area contributed by atoms with Gasteiger partial charge in [0.05, 0.1) is 12.4 Å². The molecular formula is C13H21N5O2. The molecule has 0 bridgehead atoms. The van der Waals surface area contributed by atoms with E-state index in [2.05, 4.69) is 25.9 Å². The number of carbonyl (C=O) groups is 2. The van der Waals surface area contributed by atoms with Crippen LogP contribution in [0.3, 0.4) is 0 Å². The Hall–Kier alpha value is -2.18. The summed E-state index contributed by atoms with van der Waals surface area (Å²) in [6.45, 7) is 5.53. The predicted octanol–water partition coefficient (Wildman–Crippen LogP) is 0.554. The maximum atomic E-state index is 11.8. The molecule has 110 valence electrons. The van der Waals surface area contributed by atoms with E-state index >= 15 is 0 Å². The monoisotopic (exact) mass is 279 g/mol. The van der Waals surface area contributed by atoms with Gasteiger partial charge in [-0.15, -0.1) is 0 Å². The van der Waals surface area contributed by atoms with Crippen LogP contribution in [0.1, 0.15) is 37.2 Å². The molecule has 3 N–H and O–H groups in total. The zero-order valence-corrected chi connectivity index (χ0v) is 11.9. The highest BCUT2D eigenvalue weighted by atomic mass is 16.2. The first-order valence-corrected chi connectivity index (χ1v) is 6.78. The van der Waals surface area contributed by atoms with E-state index in [1.165, 1.54) is 6.20 Å². The minimum atomic E-state index is -0.332. The number of nitrogens with zero attached hydrogens (tertiary/aromatic N) is 2. The standard InChI is InChI=1S/C13H21N5O2/c1-3-6-16-11-9-14-8-10(18-11)13(20)17-7-5-12(19)15-4-2/h8-9H,3-7H2,1-2H3,(H,15,19)(H,16,18)(H,17,20). The SMILES string of the molecule is CCCNc1cncc(C(=O)NCCC(=O)NCC)n1. The van der Waals surface area contributed by atoms with Crippen molar-refractivity contribution in [1.82, 2.24) is 20.6 Å². The fourth-order valence-corrected chi connectivity index (χ4v) is 1.48. The summed E-state index contributed by atoms with van der Waals surface area (Å²) in [4.78, 5) is 31.2. The molecule has 1 aromatic rings. The van der Waals surface area contributed by atoms with Crippen LogP contribution in [0.15, 0.2) is 12.4 Å². The maximum Gasteiger partial charge on any atom is 0.271 e. The van der Waals surface area contributed by atoms with Crippen LogP contribution in [-0.2, 0) is 4.79 Å². The summed E-state index contributed by atoms with van der Waals surface area (Å²) in [6, 6.07) is 0. The summed E-state index contributed by atoms with van der Waals surface area (Å²) in [5.41, 5.74) is 0.238. The number of anilines is 1. The lowest BCUT2D eigenvalue weighted by atomic mass is 10.3.